The van der Waals surface area contributed by atoms with E-state index in [0.717, 1.165) is 23.3 Å². The Balaban J connectivity index is 1.48. The summed E-state index contributed by atoms with van der Waals surface area (Å²) in [5, 5.41) is 10.3. The Hall–Kier alpha value is -3.73. The van der Waals surface area contributed by atoms with Gasteiger partial charge in [0.25, 0.3) is 0 Å². The molecule has 0 saturated heterocycles. The van der Waals surface area contributed by atoms with Crippen molar-refractivity contribution in [3.8, 4) is 28.1 Å². The zero-order valence-corrected chi connectivity index (χ0v) is 20.9. The molecule has 4 nitrogen and oxygen atoms in total. The van der Waals surface area contributed by atoms with E-state index in [1.165, 1.54) is 44.2 Å². The molecule has 36 heavy (non-hydrogen) atoms. The fourth-order valence-electron chi connectivity index (χ4n) is 4.38. The smallest absolute Gasteiger partial charge is 0.336 e. The van der Waals surface area contributed by atoms with Crippen molar-refractivity contribution < 1.29 is 19.0 Å². The summed E-state index contributed by atoms with van der Waals surface area (Å²) in [6, 6.07) is 19.3. The van der Waals surface area contributed by atoms with E-state index in [0.29, 0.717) is 34.3 Å². The highest BCUT2D eigenvalue weighted by Gasteiger charge is 2.15. The maximum atomic E-state index is 15.1. The van der Waals surface area contributed by atoms with Crippen LogP contribution in [0, 0.1) is 12.7 Å². The molecule has 1 N–H and O–H groups in total. The Bertz CT molecular complexity index is 1350. The number of unbranched alkanes of at least 4 members (excludes halogenated alkanes) is 5. The topological polar surface area (TPSA) is 59.4 Å². The number of carboxylic acid groups (broad SMARTS) is 1. The van der Waals surface area contributed by atoms with E-state index < -0.39 is 11.8 Å². The molecule has 0 aliphatic heterocycles. The molecule has 0 aliphatic carbocycles. The molecule has 186 valence electrons. The van der Waals surface area contributed by atoms with Gasteiger partial charge in [0.1, 0.15) is 11.6 Å². The zero-order chi connectivity index (χ0) is 25.5. The fraction of sp³-hybridized carbons (Fsp3) is 0.290. The molecule has 0 unspecified atom stereocenters. The lowest BCUT2D eigenvalue weighted by molar-refractivity contribution is 0.0699. The Labute approximate surface area is 211 Å². The second-order valence-electron chi connectivity index (χ2n) is 9.22. The minimum Gasteiger partial charge on any atom is -0.494 e. The van der Waals surface area contributed by atoms with Crippen LogP contribution < -0.4 is 4.74 Å². The molecule has 4 aromatic rings. The third-order valence-corrected chi connectivity index (χ3v) is 6.39. The van der Waals surface area contributed by atoms with Crippen LogP contribution in [0.4, 0.5) is 4.39 Å². The van der Waals surface area contributed by atoms with Crippen LogP contribution in [0.5, 0.6) is 5.75 Å². The molecule has 1 aromatic heterocycles. The summed E-state index contributed by atoms with van der Waals surface area (Å²) in [6.07, 6.45) is 7.28. The van der Waals surface area contributed by atoms with Crippen LogP contribution in [-0.4, -0.2) is 22.7 Å². The molecule has 5 heteroatoms. The van der Waals surface area contributed by atoms with Gasteiger partial charge in [0.05, 0.1) is 23.4 Å². The second kappa shape index (κ2) is 11.8. The minimum absolute atomic E-state index is 0.153. The minimum atomic E-state index is -1.04. The average Bonchev–Trinajstić information content (AvgIpc) is 2.88. The second-order valence-corrected chi connectivity index (χ2v) is 9.22. The number of hydrogen-bond acceptors (Lipinski definition) is 3. The van der Waals surface area contributed by atoms with Gasteiger partial charge in [-0.3, -0.25) is 0 Å². The van der Waals surface area contributed by atoms with Gasteiger partial charge < -0.3 is 9.84 Å². The van der Waals surface area contributed by atoms with Crippen LogP contribution >= 0.6 is 0 Å². The van der Waals surface area contributed by atoms with E-state index in [1.54, 1.807) is 24.3 Å². The van der Waals surface area contributed by atoms with E-state index >= 15 is 4.39 Å². The molecule has 0 spiro atoms. The summed E-state index contributed by atoms with van der Waals surface area (Å²) < 4.78 is 21.0. The van der Waals surface area contributed by atoms with Gasteiger partial charge in [0.15, 0.2) is 0 Å². The summed E-state index contributed by atoms with van der Waals surface area (Å²) in [5.74, 6) is -0.651. The number of nitrogens with zero attached hydrogens (tertiary/aromatic N) is 1. The van der Waals surface area contributed by atoms with Crippen LogP contribution in [0.1, 0.15) is 61.4 Å². The number of rotatable bonds is 11. The molecular weight excluding hydrogens is 453 g/mol. The van der Waals surface area contributed by atoms with Gasteiger partial charge in [0.2, 0.25) is 0 Å². The van der Waals surface area contributed by atoms with E-state index in [2.05, 4.69) is 11.9 Å². The molecule has 1 heterocycles. The number of fused-ring (bicyclic) bond motifs is 1. The molecule has 3 aromatic carbocycles. The lowest BCUT2D eigenvalue weighted by atomic mass is 9.99. The normalized spacial score (nSPS) is 11.1. The molecule has 0 fully saturated rings. The number of aromatic carboxylic acids is 1. The number of ether oxygens (including phenoxy) is 1. The molecule has 4 rings (SSSR count). The first kappa shape index (κ1) is 25.4. The van der Waals surface area contributed by atoms with Crippen LogP contribution in [0.15, 0.2) is 66.7 Å². The van der Waals surface area contributed by atoms with Crippen LogP contribution in [0.2, 0.25) is 0 Å². The summed E-state index contributed by atoms with van der Waals surface area (Å²) >= 11 is 0. The van der Waals surface area contributed by atoms with Gasteiger partial charge in [-0.2, -0.15) is 0 Å². The maximum absolute atomic E-state index is 15.1. The first-order valence-electron chi connectivity index (χ1n) is 12.6. The van der Waals surface area contributed by atoms with Crippen molar-refractivity contribution >= 4 is 16.9 Å². The van der Waals surface area contributed by atoms with E-state index in [4.69, 9.17) is 4.74 Å². The highest BCUT2D eigenvalue weighted by Crippen LogP contribution is 2.31. The lowest BCUT2D eigenvalue weighted by Gasteiger charge is -2.11. The number of carboxylic acids is 1. The zero-order valence-electron chi connectivity index (χ0n) is 20.9. The molecule has 0 atom stereocenters. The number of aromatic nitrogens is 1. The van der Waals surface area contributed by atoms with Gasteiger partial charge in [-0.05, 0) is 55.3 Å². The Morgan fingerprint density at radius 2 is 1.61 bits per heavy atom. The average molecular weight is 486 g/mol. The van der Waals surface area contributed by atoms with Crippen molar-refractivity contribution in [3.63, 3.8) is 0 Å². The predicted octanol–water partition coefficient (Wildman–Crippen LogP) is 8.45. The summed E-state index contributed by atoms with van der Waals surface area (Å²) in [4.78, 5) is 16.5. The first-order chi connectivity index (χ1) is 17.5. The molecule has 0 bridgehead atoms. The van der Waals surface area contributed by atoms with Crippen molar-refractivity contribution in [1.29, 1.82) is 0 Å². The van der Waals surface area contributed by atoms with Crippen molar-refractivity contribution in [2.75, 3.05) is 6.61 Å². The number of carbonyl (C=O) groups is 1. The van der Waals surface area contributed by atoms with Gasteiger partial charge in [-0.1, -0.05) is 74.9 Å². The van der Waals surface area contributed by atoms with Crippen LogP contribution in [-0.2, 0) is 0 Å². The predicted molar refractivity (Wildman–Crippen MR) is 143 cm³/mol. The van der Waals surface area contributed by atoms with Crippen molar-refractivity contribution in [1.82, 2.24) is 4.98 Å². The van der Waals surface area contributed by atoms with Crippen LogP contribution in [0.3, 0.4) is 0 Å². The Morgan fingerprint density at radius 1 is 0.889 bits per heavy atom. The highest BCUT2D eigenvalue weighted by molar-refractivity contribution is 6.04. The van der Waals surface area contributed by atoms with Gasteiger partial charge in [0, 0.05) is 16.5 Å². The summed E-state index contributed by atoms with van der Waals surface area (Å²) in [6.45, 7) is 4.80. The molecule has 0 aliphatic rings. The maximum Gasteiger partial charge on any atom is 0.336 e. The van der Waals surface area contributed by atoms with Gasteiger partial charge in [-0.15, -0.1) is 0 Å². The summed E-state index contributed by atoms with van der Waals surface area (Å²) in [5.41, 5.74) is 3.84. The molecular formula is C31H32FNO3. The molecule has 0 amide bonds. The Morgan fingerprint density at radius 3 is 2.33 bits per heavy atom. The fourth-order valence-corrected chi connectivity index (χ4v) is 4.38. The lowest BCUT2D eigenvalue weighted by Crippen LogP contribution is -2.01. The largest absolute Gasteiger partial charge is 0.494 e. The SMILES string of the molecule is CCCCCCCCOc1ccc(-c2ccc(-c3cc(C(=O)O)c4cc(C)ccc4n3)cc2F)cc1. The van der Waals surface area contributed by atoms with E-state index in [9.17, 15) is 9.90 Å². The van der Waals surface area contributed by atoms with Crippen molar-refractivity contribution in [2.24, 2.45) is 0 Å². The molecule has 0 radical (unpaired) electrons. The quantitative estimate of drug-likeness (QED) is 0.217. The monoisotopic (exact) mass is 485 g/mol. The van der Waals surface area contributed by atoms with Crippen molar-refractivity contribution in [3.05, 3.63) is 83.7 Å². The number of halogens is 1. The third kappa shape index (κ3) is 6.09. The first-order valence-corrected chi connectivity index (χ1v) is 12.6. The third-order valence-electron chi connectivity index (χ3n) is 6.39. The van der Waals surface area contributed by atoms with Crippen molar-refractivity contribution in [2.45, 2.75) is 52.4 Å². The van der Waals surface area contributed by atoms with Crippen LogP contribution in [0.25, 0.3) is 33.3 Å². The van der Waals surface area contributed by atoms with E-state index in [1.807, 2.05) is 37.3 Å². The number of pyridine rings is 1. The standard InChI is InChI=1S/C31H32FNO3/c1-3-4-5-6-7-8-17-36-24-13-10-22(11-14-24)25-15-12-23(19-28(25)32)30-20-27(31(34)35)26-18-21(2)9-16-29(26)33-30/h9-16,18-20H,3-8,17H2,1-2H3,(H,34,35). The van der Waals surface area contributed by atoms with Gasteiger partial charge >= 0.3 is 5.97 Å². The Kier molecular flexibility index (Phi) is 8.32. The molecule has 0 saturated carbocycles. The summed E-state index contributed by atoms with van der Waals surface area (Å²) in [7, 11) is 0. The van der Waals surface area contributed by atoms with Gasteiger partial charge in [-0.25, -0.2) is 14.2 Å². The van der Waals surface area contributed by atoms with E-state index in [-0.39, 0.29) is 5.56 Å². The number of benzene rings is 3. The number of hydrogen-bond donors (Lipinski definition) is 1. The highest BCUT2D eigenvalue weighted by atomic mass is 19.1. The number of aryl methyl sites for hydroxylation is 1.